The number of carbonyl (C=O) groups excluding carboxylic acids is 3. The fourth-order valence-electron chi connectivity index (χ4n) is 3.19. The predicted octanol–water partition coefficient (Wildman–Crippen LogP) is 2.29. The molecule has 7 nitrogen and oxygen atoms in total. The predicted molar refractivity (Wildman–Crippen MR) is 108 cm³/mol. The molecule has 0 spiro atoms. The number of anilines is 2. The molecule has 0 bridgehead atoms. The highest BCUT2D eigenvalue weighted by Gasteiger charge is 2.33. The van der Waals surface area contributed by atoms with Gasteiger partial charge in [0.1, 0.15) is 6.04 Å². The van der Waals surface area contributed by atoms with Crippen LogP contribution in [0.15, 0.2) is 54.6 Å². The van der Waals surface area contributed by atoms with Crippen LogP contribution in [0, 0.1) is 0 Å². The molecule has 146 valence electrons. The lowest BCUT2D eigenvalue weighted by molar-refractivity contribution is -0.118. The first-order valence-corrected chi connectivity index (χ1v) is 9.37. The third-order valence-electron chi connectivity index (χ3n) is 4.66. The largest absolute Gasteiger partial charge is 0.329 e. The van der Waals surface area contributed by atoms with Crippen molar-refractivity contribution in [2.75, 3.05) is 23.3 Å². The Morgan fingerprint density at radius 1 is 1.07 bits per heavy atom. The van der Waals surface area contributed by atoms with E-state index in [2.05, 4.69) is 16.0 Å². The van der Waals surface area contributed by atoms with Gasteiger partial charge in [0.25, 0.3) is 0 Å². The second-order valence-electron chi connectivity index (χ2n) is 6.55. The molecule has 0 saturated carbocycles. The van der Waals surface area contributed by atoms with Gasteiger partial charge in [-0.25, -0.2) is 4.79 Å². The van der Waals surface area contributed by atoms with Crippen LogP contribution in [0.1, 0.15) is 18.9 Å². The molecule has 0 aromatic heterocycles. The Morgan fingerprint density at radius 3 is 2.54 bits per heavy atom. The van der Waals surface area contributed by atoms with E-state index < -0.39 is 12.1 Å². The number of urea groups is 1. The summed E-state index contributed by atoms with van der Waals surface area (Å²) in [5, 5.41) is 7.95. The van der Waals surface area contributed by atoms with Crippen LogP contribution in [0.3, 0.4) is 0 Å². The molecule has 28 heavy (non-hydrogen) atoms. The molecule has 1 aliphatic heterocycles. The SMILES string of the molecule is CCc1ccccc1NC(=O)CNC(=O)NC1CCN(c2ccccc2)C1=O. The molecule has 1 heterocycles. The molecular weight excluding hydrogens is 356 g/mol. The zero-order valence-corrected chi connectivity index (χ0v) is 15.8. The second kappa shape index (κ2) is 9.03. The Balaban J connectivity index is 1.47. The van der Waals surface area contributed by atoms with Gasteiger partial charge < -0.3 is 20.9 Å². The topological polar surface area (TPSA) is 90.5 Å². The van der Waals surface area contributed by atoms with Crippen molar-refractivity contribution < 1.29 is 14.4 Å². The van der Waals surface area contributed by atoms with Crippen molar-refractivity contribution in [3.63, 3.8) is 0 Å². The van der Waals surface area contributed by atoms with Crippen LogP contribution in [0.2, 0.25) is 0 Å². The number of amides is 4. The van der Waals surface area contributed by atoms with Gasteiger partial charge in [-0.1, -0.05) is 43.3 Å². The van der Waals surface area contributed by atoms with Crippen molar-refractivity contribution in [3.8, 4) is 0 Å². The maximum atomic E-state index is 12.5. The summed E-state index contributed by atoms with van der Waals surface area (Å²) in [6.07, 6.45) is 1.32. The minimum absolute atomic E-state index is 0.150. The van der Waals surface area contributed by atoms with Crippen LogP contribution >= 0.6 is 0 Å². The van der Waals surface area contributed by atoms with Crippen molar-refractivity contribution in [3.05, 3.63) is 60.2 Å². The highest BCUT2D eigenvalue weighted by molar-refractivity contribution is 6.01. The van der Waals surface area contributed by atoms with E-state index in [0.29, 0.717) is 13.0 Å². The van der Waals surface area contributed by atoms with Gasteiger partial charge >= 0.3 is 6.03 Å². The quantitative estimate of drug-likeness (QED) is 0.718. The van der Waals surface area contributed by atoms with Gasteiger partial charge in [0.15, 0.2) is 0 Å². The first-order chi connectivity index (χ1) is 13.6. The van der Waals surface area contributed by atoms with E-state index in [0.717, 1.165) is 23.4 Å². The van der Waals surface area contributed by atoms with E-state index in [1.54, 1.807) is 4.90 Å². The normalized spacial score (nSPS) is 16.0. The Bertz CT molecular complexity index is 854. The Hall–Kier alpha value is -3.35. The average Bonchev–Trinajstić information content (AvgIpc) is 3.07. The van der Waals surface area contributed by atoms with Gasteiger partial charge in [0, 0.05) is 17.9 Å². The van der Waals surface area contributed by atoms with E-state index in [1.165, 1.54) is 0 Å². The molecule has 0 aliphatic carbocycles. The molecular formula is C21H24N4O3. The minimum atomic E-state index is -0.593. The zero-order chi connectivity index (χ0) is 19.9. The van der Waals surface area contributed by atoms with Crippen LogP contribution in [0.5, 0.6) is 0 Å². The Labute approximate surface area is 164 Å². The molecule has 3 N–H and O–H groups in total. The van der Waals surface area contributed by atoms with Gasteiger partial charge in [-0.3, -0.25) is 9.59 Å². The lowest BCUT2D eigenvalue weighted by Gasteiger charge is -2.17. The molecule has 3 rings (SSSR count). The number of para-hydroxylation sites is 2. The summed E-state index contributed by atoms with van der Waals surface area (Å²) in [4.78, 5) is 38.3. The molecule has 2 aromatic rings. The molecule has 1 fully saturated rings. The molecule has 7 heteroatoms. The molecule has 2 aromatic carbocycles. The van der Waals surface area contributed by atoms with Crippen LogP contribution in [-0.2, 0) is 16.0 Å². The lowest BCUT2D eigenvalue weighted by Crippen LogP contribution is -2.47. The minimum Gasteiger partial charge on any atom is -0.329 e. The zero-order valence-electron chi connectivity index (χ0n) is 15.8. The smallest absolute Gasteiger partial charge is 0.315 e. The van der Waals surface area contributed by atoms with Crippen LogP contribution < -0.4 is 20.9 Å². The molecule has 1 aliphatic rings. The molecule has 1 saturated heterocycles. The van der Waals surface area contributed by atoms with Gasteiger partial charge in [-0.2, -0.15) is 0 Å². The van der Waals surface area contributed by atoms with Crippen LogP contribution in [-0.4, -0.2) is 37.0 Å². The third kappa shape index (κ3) is 4.68. The van der Waals surface area contributed by atoms with Gasteiger partial charge in [0.05, 0.1) is 6.54 Å². The number of nitrogens with one attached hydrogen (secondary N) is 3. The maximum absolute atomic E-state index is 12.5. The number of aryl methyl sites for hydroxylation is 1. The molecule has 4 amide bonds. The molecule has 1 atom stereocenters. The van der Waals surface area contributed by atoms with Gasteiger partial charge in [0.2, 0.25) is 11.8 Å². The summed E-state index contributed by atoms with van der Waals surface area (Å²) < 4.78 is 0. The number of rotatable bonds is 6. The number of hydrogen-bond donors (Lipinski definition) is 3. The second-order valence-corrected chi connectivity index (χ2v) is 6.55. The highest BCUT2D eigenvalue weighted by Crippen LogP contribution is 2.21. The Kier molecular flexibility index (Phi) is 6.26. The van der Waals surface area contributed by atoms with Gasteiger partial charge in [-0.05, 0) is 36.6 Å². The van der Waals surface area contributed by atoms with Crippen molar-refractivity contribution in [1.82, 2.24) is 10.6 Å². The standard InChI is InChI=1S/C21H24N4O3/c1-2-15-8-6-7-11-17(15)23-19(26)14-22-21(28)24-18-12-13-25(20(18)27)16-9-4-3-5-10-16/h3-11,18H,2,12-14H2,1H3,(H,23,26)(H2,22,24,28). The lowest BCUT2D eigenvalue weighted by atomic mass is 10.1. The van der Waals surface area contributed by atoms with Crippen molar-refractivity contribution in [2.45, 2.75) is 25.8 Å². The number of carbonyl (C=O) groups is 3. The average molecular weight is 380 g/mol. The van der Waals surface area contributed by atoms with Crippen molar-refractivity contribution >= 4 is 29.2 Å². The summed E-state index contributed by atoms with van der Waals surface area (Å²) in [5.41, 5.74) is 2.57. The summed E-state index contributed by atoms with van der Waals surface area (Å²) in [6, 6.07) is 15.7. The summed E-state index contributed by atoms with van der Waals surface area (Å²) in [5.74, 6) is -0.470. The third-order valence-corrected chi connectivity index (χ3v) is 4.66. The van der Waals surface area contributed by atoms with E-state index in [4.69, 9.17) is 0 Å². The number of hydrogen-bond acceptors (Lipinski definition) is 3. The van der Waals surface area contributed by atoms with Crippen LogP contribution in [0.4, 0.5) is 16.2 Å². The maximum Gasteiger partial charge on any atom is 0.315 e. The van der Waals surface area contributed by atoms with E-state index in [-0.39, 0.29) is 18.4 Å². The fraction of sp³-hybridized carbons (Fsp3) is 0.286. The van der Waals surface area contributed by atoms with E-state index >= 15 is 0 Å². The first-order valence-electron chi connectivity index (χ1n) is 9.37. The summed E-state index contributed by atoms with van der Waals surface area (Å²) in [6.45, 7) is 2.38. The highest BCUT2D eigenvalue weighted by atomic mass is 16.2. The van der Waals surface area contributed by atoms with Crippen molar-refractivity contribution in [2.24, 2.45) is 0 Å². The summed E-state index contributed by atoms with van der Waals surface area (Å²) >= 11 is 0. The van der Waals surface area contributed by atoms with Crippen LogP contribution in [0.25, 0.3) is 0 Å². The Morgan fingerprint density at radius 2 is 1.79 bits per heavy atom. The number of nitrogens with zero attached hydrogens (tertiary/aromatic N) is 1. The van der Waals surface area contributed by atoms with E-state index in [1.807, 2.05) is 61.5 Å². The van der Waals surface area contributed by atoms with Gasteiger partial charge in [-0.15, -0.1) is 0 Å². The van der Waals surface area contributed by atoms with E-state index in [9.17, 15) is 14.4 Å². The molecule has 1 unspecified atom stereocenters. The summed E-state index contributed by atoms with van der Waals surface area (Å²) in [7, 11) is 0. The fourth-order valence-corrected chi connectivity index (χ4v) is 3.19. The molecule has 0 radical (unpaired) electrons. The first kappa shape index (κ1) is 19.4. The monoisotopic (exact) mass is 380 g/mol. The number of benzene rings is 2. The van der Waals surface area contributed by atoms with Crippen molar-refractivity contribution in [1.29, 1.82) is 0 Å².